The number of hydrogen-bond donors (Lipinski definition) is 2. The standard InChI is InChI=1S/C20H18N4O5/c1-12(25)29-17-8-7-13(9-18(17)28-2)11-21-23-19(26)10-16-14-5-3-4-6-15(14)20(27)24-22-16/h3-9,11H,10H2,1-2H3,(H,23,26)(H,24,27)/b21-11+. The van der Waals surface area contributed by atoms with Gasteiger partial charge in [-0.25, -0.2) is 10.5 Å². The molecular formula is C20H18N4O5. The summed E-state index contributed by atoms with van der Waals surface area (Å²) in [7, 11) is 1.45. The van der Waals surface area contributed by atoms with E-state index in [1.165, 1.54) is 20.2 Å². The maximum atomic E-state index is 12.2. The van der Waals surface area contributed by atoms with Gasteiger partial charge in [-0.3, -0.25) is 14.4 Å². The van der Waals surface area contributed by atoms with Crippen LogP contribution in [0.15, 0.2) is 52.4 Å². The Morgan fingerprint density at radius 1 is 1.17 bits per heavy atom. The van der Waals surface area contributed by atoms with E-state index in [4.69, 9.17) is 9.47 Å². The first-order valence-corrected chi connectivity index (χ1v) is 8.62. The molecule has 0 saturated carbocycles. The van der Waals surface area contributed by atoms with Crippen molar-refractivity contribution in [2.24, 2.45) is 5.10 Å². The fourth-order valence-corrected chi connectivity index (χ4v) is 2.68. The zero-order chi connectivity index (χ0) is 20.8. The number of benzene rings is 2. The van der Waals surface area contributed by atoms with Crippen molar-refractivity contribution in [3.8, 4) is 11.5 Å². The smallest absolute Gasteiger partial charge is 0.308 e. The molecule has 0 aliphatic heterocycles. The van der Waals surface area contributed by atoms with Gasteiger partial charge in [0.05, 0.1) is 30.8 Å². The number of aromatic amines is 1. The topological polar surface area (TPSA) is 123 Å². The largest absolute Gasteiger partial charge is 0.493 e. The number of aromatic nitrogens is 2. The van der Waals surface area contributed by atoms with Crippen LogP contribution in [0.4, 0.5) is 0 Å². The molecule has 0 atom stereocenters. The Hall–Kier alpha value is -4.01. The van der Waals surface area contributed by atoms with Crippen molar-refractivity contribution in [3.05, 3.63) is 64.1 Å². The van der Waals surface area contributed by atoms with Crippen molar-refractivity contribution >= 4 is 28.9 Å². The van der Waals surface area contributed by atoms with Crippen LogP contribution >= 0.6 is 0 Å². The molecule has 0 unspecified atom stereocenters. The molecule has 2 aromatic carbocycles. The molecule has 3 aromatic rings. The lowest BCUT2D eigenvalue weighted by atomic mass is 10.1. The maximum Gasteiger partial charge on any atom is 0.308 e. The number of nitrogens with one attached hydrogen (secondary N) is 2. The van der Waals surface area contributed by atoms with E-state index in [1.807, 2.05) is 0 Å². The first-order chi connectivity index (χ1) is 14.0. The molecule has 9 heteroatoms. The van der Waals surface area contributed by atoms with Gasteiger partial charge in [-0.1, -0.05) is 18.2 Å². The van der Waals surface area contributed by atoms with Crippen molar-refractivity contribution in [2.75, 3.05) is 7.11 Å². The van der Waals surface area contributed by atoms with Gasteiger partial charge < -0.3 is 9.47 Å². The second kappa shape index (κ2) is 8.79. The molecule has 29 heavy (non-hydrogen) atoms. The lowest BCUT2D eigenvalue weighted by molar-refractivity contribution is -0.132. The number of methoxy groups -OCH3 is 1. The van der Waals surface area contributed by atoms with E-state index >= 15 is 0 Å². The molecule has 0 aliphatic carbocycles. The number of esters is 1. The van der Waals surface area contributed by atoms with Gasteiger partial charge >= 0.3 is 5.97 Å². The summed E-state index contributed by atoms with van der Waals surface area (Å²) in [5.74, 6) is -0.202. The van der Waals surface area contributed by atoms with Gasteiger partial charge in [0.2, 0.25) is 5.91 Å². The highest BCUT2D eigenvalue weighted by atomic mass is 16.6. The summed E-state index contributed by atoms with van der Waals surface area (Å²) < 4.78 is 10.2. The molecule has 0 saturated heterocycles. The fraction of sp³-hybridized carbons (Fsp3) is 0.150. The van der Waals surface area contributed by atoms with Gasteiger partial charge in [-0.05, 0) is 29.8 Å². The van der Waals surface area contributed by atoms with Crippen molar-refractivity contribution in [3.63, 3.8) is 0 Å². The first-order valence-electron chi connectivity index (χ1n) is 8.62. The molecule has 0 fully saturated rings. The minimum absolute atomic E-state index is 0.0522. The number of H-pyrrole nitrogens is 1. The van der Waals surface area contributed by atoms with Crippen molar-refractivity contribution in [1.82, 2.24) is 15.6 Å². The third-order valence-electron chi connectivity index (χ3n) is 3.95. The molecule has 0 radical (unpaired) electrons. The zero-order valence-electron chi connectivity index (χ0n) is 15.8. The van der Waals surface area contributed by atoms with Crippen LogP contribution in [0.2, 0.25) is 0 Å². The van der Waals surface area contributed by atoms with Crippen molar-refractivity contribution in [2.45, 2.75) is 13.3 Å². The van der Waals surface area contributed by atoms with Crippen LogP contribution in [0.5, 0.6) is 11.5 Å². The minimum Gasteiger partial charge on any atom is -0.493 e. The number of hydrazone groups is 1. The number of fused-ring (bicyclic) bond motifs is 1. The Morgan fingerprint density at radius 2 is 1.93 bits per heavy atom. The lowest BCUT2D eigenvalue weighted by Crippen LogP contribution is -2.22. The molecule has 2 N–H and O–H groups in total. The predicted octanol–water partition coefficient (Wildman–Crippen LogP) is 1.55. The molecular weight excluding hydrogens is 376 g/mol. The predicted molar refractivity (Wildman–Crippen MR) is 106 cm³/mol. The Bertz CT molecular complexity index is 1150. The number of carbonyl (C=O) groups excluding carboxylic acids is 2. The van der Waals surface area contributed by atoms with Crippen LogP contribution in [-0.4, -0.2) is 35.4 Å². The number of ether oxygens (including phenoxy) is 2. The normalized spacial score (nSPS) is 10.8. The quantitative estimate of drug-likeness (QED) is 0.283. The fourth-order valence-electron chi connectivity index (χ4n) is 2.68. The minimum atomic E-state index is -0.458. The molecule has 0 bridgehead atoms. The van der Waals surface area contributed by atoms with Crippen LogP contribution in [0.3, 0.4) is 0 Å². The zero-order valence-corrected chi connectivity index (χ0v) is 15.8. The van der Waals surface area contributed by atoms with Crippen molar-refractivity contribution < 1.29 is 19.1 Å². The third-order valence-corrected chi connectivity index (χ3v) is 3.95. The Kier molecular flexibility index (Phi) is 5.98. The van der Waals surface area contributed by atoms with E-state index in [1.54, 1.807) is 42.5 Å². The molecule has 1 aromatic heterocycles. The van der Waals surface area contributed by atoms with E-state index in [2.05, 4.69) is 20.7 Å². The summed E-state index contributed by atoms with van der Waals surface area (Å²) in [4.78, 5) is 35.1. The van der Waals surface area contributed by atoms with Gasteiger partial charge in [0, 0.05) is 12.3 Å². The Morgan fingerprint density at radius 3 is 2.66 bits per heavy atom. The van der Waals surface area contributed by atoms with Gasteiger partial charge in [0.15, 0.2) is 11.5 Å². The number of carbonyl (C=O) groups is 2. The number of rotatable bonds is 6. The number of amides is 1. The summed E-state index contributed by atoms with van der Waals surface area (Å²) in [6, 6.07) is 11.8. The highest BCUT2D eigenvalue weighted by Gasteiger charge is 2.10. The summed E-state index contributed by atoms with van der Waals surface area (Å²) in [5.41, 5.74) is 3.18. The lowest BCUT2D eigenvalue weighted by Gasteiger charge is -2.08. The molecule has 9 nitrogen and oxygen atoms in total. The summed E-state index contributed by atoms with van der Waals surface area (Å²) in [6.07, 6.45) is 1.37. The van der Waals surface area contributed by atoms with Gasteiger partial charge in [-0.2, -0.15) is 10.2 Å². The van der Waals surface area contributed by atoms with Gasteiger partial charge in [0.25, 0.3) is 5.56 Å². The van der Waals surface area contributed by atoms with Gasteiger partial charge in [-0.15, -0.1) is 0 Å². The van der Waals surface area contributed by atoms with E-state index in [-0.39, 0.29) is 17.7 Å². The van der Waals surface area contributed by atoms with E-state index in [0.717, 1.165) is 0 Å². The first kappa shape index (κ1) is 19.7. The summed E-state index contributed by atoms with van der Waals surface area (Å²) in [6.45, 7) is 1.30. The highest BCUT2D eigenvalue weighted by molar-refractivity contribution is 5.89. The SMILES string of the molecule is COc1cc(/C=N/NC(=O)Cc2n[nH]c(=O)c3ccccc23)ccc1OC(C)=O. The molecule has 1 amide bonds. The van der Waals surface area contributed by atoms with E-state index in [9.17, 15) is 14.4 Å². The maximum absolute atomic E-state index is 12.2. The van der Waals surface area contributed by atoms with Crippen LogP contribution in [0, 0.1) is 0 Å². The van der Waals surface area contributed by atoms with Crippen LogP contribution in [0.25, 0.3) is 10.8 Å². The third kappa shape index (κ3) is 4.83. The average Bonchev–Trinajstić information content (AvgIpc) is 2.71. The molecule has 0 spiro atoms. The molecule has 148 valence electrons. The molecule has 3 rings (SSSR count). The Labute approximate surface area is 165 Å². The van der Waals surface area contributed by atoms with Crippen LogP contribution in [0.1, 0.15) is 18.2 Å². The summed E-state index contributed by atoms with van der Waals surface area (Å²) >= 11 is 0. The molecule has 0 aliphatic rings. The van der Waals surface area contributed by atoms with Crippen molar-refractivity contribution in [1.29, 1.82) is 0 Å². The van der Waals surface area contributed by atoms with E-state index < -0.39 is 11.9 Å². The summed E-state index contributed by atoms with van der Waals surface area (Å²) in [5, 5.41) is 11.3. The second-order valence-corrected chi connectivity index (χ2v) is 6.02. The Balaban J connectivity index is 1.68. The number of hydrogen-bond acceptors (Lipinski definition) is 7. The van der Waals surface area contributed by atoms with Gasteiger partial charge in [0.1, 0.15) is 0 Å². The second-order valence-electron chi connectivity index (χ2n) is 6.02. The number of nitrogens with zero attached hydrogens (tertiary/aromatic N) is 2. The average molecular weight is 394 g/mol. The highest BCUT2D eigenvalue weighted by Crippen LogP contribution is 2.27. The monoisotopic (exact) mass is 394 g/mol. The van der Waals surface area contributed by atoms with Crippen LogP contribution < -0.4 is 20.5 Å². The van der Waals surface area contributed by atoms with Crippen LogP contribution in [-0.2, 0) is 16.0 Å². The van der Waals surface area contributed by atoms with E-state index in [0.29, 0.717) is 27.8 Å². The molecule has 1 heterocycles.